The van der Waals surface area contributed by atoms with Crippen molar-refractivity contribution in [2.75, 3.05) is 33.1 Å². The second-order valence-electron chi connectivity index (χ2n) is 7.05. The Hall–Kier alpha value is -2.87. The maximum Gasteiger partial charge on any atom is 0.264 e. The highest BCUT2D eigenvalue weighted by Gasteiger charge is 2.22. The van der Waals surface area contributed by atoms with Gasteiger partial charge in [0.15, 0.2) is 11.5 Å². The van der Waals surface area contributed by atoms with Crippen molar-refractivity contribution in [2.24, 2.45) is 0 Å². The molecule has 0 unspecified atom stereocenters. The fourth-order valence-electron chi connectivity index (χ4n) is 3.35. The number of unbranched alkanes of at least 4 members (excludes halogenated alkanes) is 1. The molecular weight excluding hydrogens is 400 g/mol. The van der Waals surface area contributed by atoms with E-state index in [4.69, 9.17) is 9.47 Å². The van der Waals surface area contributed by atoms with Crippen LogP contribution in [0.3, 0.4) is 0 Å². The quantitative estimate of drug-likeness (QED) is 0.541. The first-order valence-corrected chi connectivity index (χ1v) is 10.8. The summed E-state index contributed by atoms with van der Waals surface area (Å²) in [5.41, 5.74) is 1.86. The number of hydrogen-bond acceptors (Lipinski definition) is 7. The van der Waals surface area contributed by atoms with E-state index < -0.39 is 0 Å². The molecule has 0 atom stereocenters. The Morgan fingerprint density at radius 1 is 1.23 bits per heavy atom. The first-order valence-electron chi connectivity index (χ1n) is 9.95. The van der Waals surface area contributed by atoms with Gasteiger partial charge in [0.1, 0.15) is 17.0 Å². The summed E-state index contributed by atoms with van der Waals surface area (Å²) in [6, 6.07) is 5.76. The molecular formula is C22H28N4O3S. The third kappa shape index (κ3) is 4.33. The first-order chi connectivity index (χ1) is 14.5. The lowest BCUT2D eigenvalue weighted by atomic mass is 10.1. The van der Waals surface area contributed by atoms with Crippen LogP contribution in [0.4, 0.5) is 5.82 Å². The van der Waals surface area contributed by atoms with E-state index in [-0.39, 0.29) is 5.91 Å². The molecule has 0 aliphatic carbocycles. The van der Waals surface area contributed by atoms with Gasteiger partial charge in [-0.2, -0.15) is 0 Å². The SMILES string of the molecule is CCCCN(C)C(=O)c1sc2ncnc(NCc3cccc(OC)c3OC)c2c1C. The van der Waals surface area contributed by atoms with E-state index in [0.29, 0.717) is 28.7 Å². The summed E-state index contributed by atoms with van der Waals surface area (Å²) in [4.78, 5) is 25.0. The molecule has 1 amide bonds. The van der Waals surface area contributed by atoms with Crippen molar-refractivity contribution in [1.82, 2.24) is 14.9 Å². The van der Waals surface area contributed by atoms with Crippen molar-refractivity contribution >= 4 is 33.3 Å². The van der Waals surface area contributed by atoms with Gasteiger partial charge in [-0.15, -0.1) is 11.3 Å². The number of para-hydroxylation sites is 1. The number of fused-ring (bicyclic) bond motifs is 1. The van der Waals surface area contributed by atoms with Crippen LogP contribution in [0.5, 0.6) is 11.5 Å². The molecule has 1 N–H and O–H groups in total. The van der Waals surface area contributed by atoms with E-state index in [1.165, 1.54) is 17.7 Å². The van der Waals surface area contributed by atoms with Crippen LogP contribution in [0.25, 0.3) is 10.2 Å². The van der Waals surface area contributed by atoms with Gasteiger partial charge in [-0.3, -0.25) is 4.79 Å². The molecule has 1 aromatic carbocycles. The number of aromatic nitrogens is 2. The summed E-state index contributed by atoms with van der Waals surface area (Å²) in [5.74, 6) is 2.10. The van der Waals surface area contributed by atoms with Crippen molar-refractivity contribution in [1.29, 1.82) is 0 Å². The van der Waals surface area contributed by atoms with Crippen molar-refractivity contribution in [2.45, 2.75) is 33.2 Å². The summed E-state index contributed by atoms with van der Waals surface area (Å²) in [6.07, 6.45) is 3.57. The molecule has 0 bridgehead atoms. The number of anilines is 1. The molecule has 0 fully saturated rings. The van der Waals surface area contributed by atoms with Crippen LogP contribution in [0, 0.1) is 6.92 Å². The van der Waals surface area contributed by atoms with Gasteiger partial charge >= 0.3 is 0 Å². The number of methoxy groups -OCH3 is 2. The highest BCUT2D eigenvalue weighted by molar-refractivity contribution is 7.20. The normalized spacial score (nSPS) is 10.8. The number of rotatable bonds is 9. The summed E-state index contributed by atoms with van der Waals surface area (Å²) in [7, 11) is 5.09. The van der Waals surface area contributed by atoms with Crippen LogP contribution in [0.2, 0.25) is 0 Å². The molecule has 0 aliphatic heterocycles. The summed E-state index contributed by atoms with van der Waals surface area (Å²) >= 11 is 1.42. The van der Waals surface area contributed by atoms with E-state index in [1.807, 2.05) is 32.2 Å². The molecule has 8 heteroatoms. The lowest BCUT2D eigenvalue weighted by molar-refractivity contribution is 0.0797. The monoisotopic (exact) mass is 428 g/mol. The highest BCUT2D eigenvalue weighted by atomic mass is 32.1. The number of carbonyl (C=O) groups excluding carboxylic acids is 1. The molecule has 2 aromatic heterocycles. The Morgan fingerprint density at radius 2 is 2.03 bits per heavy atom. The second-order valence-corrected chi connectivity index (χ2v) is 8.04. The average Bonchev–Trinajstić information content (AvgIpc) is 3.11. The van der Waals surface area contributed by atoms with E-state index in [0.717, 1.165) is 40.7 Å². The molecule has 3 rings (SSSR count). The molecule has 3 aromatic rings. The summed E-state index contributed by atoms with van der Waals surface area (Å²) in [6.45, 7) is 5.32. The molecule has 0 saturated carbocycles. The standard InChI is InChI=1S/C22H28N4O3S/c1-6-7-11-26(3)22(27)19-14(2)17-20(24-13-25-21(17)30-19)23-12-15-9-8-10-16(28-4)18(15)29-5/h8-10,13H,6-7,11-12H2,1-5H3,(H,23,24,25). The number of nitrogens with one attached hydrogen (secondary N) is 1. The van der Waals surface area contributed by atoms with Crippen molar-refractivity contribution < 1.29 is 14.3 Å². The van der Waals surface area contributed by atoms with Gasteiger partial charge < -0.3 is 19.7 Å². The summed E-state index contributed by atoms with van der Waals surface area (Å²) in [5, 5.41) is 4.27. The van der Waals surface area contributed by atoms with Crippen LogP contribution in [0.1, 0.15) is 40.6 Å². The number of hydrogen-bond donors (Lipinski definition) is 1. The number of benzene rings is 1. The predicted octanol–water partition coefficient (Wildman–Crippen LogP) is 4.50. The Balaban J connectivity index is 1.89. The van der Waals surface area contributed by atoms with E-state index in [1.54, 1.807) is 19.1 Å². The van der Waals surface area contributed by atoms with Crippen LogP contribution >= 0.6 is 11.3 Å². The van der Waals surface area contributed by atoms with Gasteiger partial charge in [0.2, 0.25) is 0 Å². The first kappa shape index (κ1) is 21.8. The van der Waals surface area contributed by atoms with Gasteiger partial charge in [-0.25, -0.2) is 9.97 Å². The Kier molecular flexibility index (Phi) is 7.10. The van der Waals surface area contributed by atoms with Crippen molar-refractivity contribution in [3.8, 4) is 11.5 Å². The van der Waals surface area contributed by atoms with Gasteiger partial charge in [-0.05, 0) is 25.0 Å². The molecule has 0 aliphatic rings. The zero-order chi connectivity index (χ0) is 21.7. The highest BCUT2D eigenvalue weighted by Crippen LogP contribution is 2.35. The Labute approximate surface area is 181 Å². The zero-order valence-corrected chi connectivity index (χ0v) is 18.9. The minimum absolute atomic E-state index is 0.0318. The molecule has 0 saturated heterocycles. The van der Waals surface area contributed by atoms with Crippen molar-refractivity contribution in [3.05, 3.63) is 40.5 Å². The lowest BCUT2D eigenvalue weighted by Crippen LogP contribution is -2.27. The minimum Gasteiger partial charge on any atom is -0.493 e. The number of carbonyl (C=O) groups is 1. The molecule has 2 heterocycles. The van der Waals surface area contributed by atoms with E-state index in [2.05, 4.69) is 22.2 Å². The van der Waals surface area contributed by atoms with Crippen LogP contribution in [-0.4, -0.2) is 48.6 Å². The van der Waals surface area contributed by atoms with Gasteiger partial charge in [-0.1, -0.05) is 25.5 Å². The predicted molar refractivity (Wildman–Crippen MR) is 121 cm³/mol. The van der Waals surface area contributed by atoms with E-state index >= 15 is 0 Å². The Morgan fingerprint density at radius 3 is 2.73 bits per heavy atom. The van der Waals surface area contributed by atoms with Crippen LogP contribution in [0.15, 0.2) is 24.5 Å². The van der Waals surface area contributed by atoms with E-state index in [9.17, 15) is 4.79 Å². The van der Waals surface area contributed by atoms with Gasteiger partial charge in [0.05, 0.1) is 24.5 Å². The van der Waals surface area contributed by atoms with Crippen molar-refractivity contribution in [3.63, 3.8) is 0 Å². The molecule has 30 heavy (non-hydrogen) atoms. The number of thiophene rings is 1. The minimum atomic E-state index is 0.0318. The maximum atomic E-state index is 12.9. The summed E-state index contributed by atoms with van der Waals surface area (Å²) < 4.78 is 10.9. The molecule has 0 spiro atoms. The number of nitrogens with zero attached hydrogens (tertiary/aromatic N) is 3. The fourth-order valence-corrected chi connectivity index (χ4v) is 4.50. The zero-order valence-electron chi connectivity index (χ0n) is 18.1. The number of amides is 1. The Bertz CT molecular complexity index is 1030. The number of aryl methyl sites for hydroxylation is 1. The fraction of sp³-hybridized carbons (Fsp3) is 0.409. The average molecular weight is 429 g/mol. The molecule has 0 radical (unpaired) electrons. The molecule has 7 nitrogen and oxygen atoms in total. The third-order valence-corrected chi connectivity index (χ3v) is 6.23. The topological polar surface area (TPSA) is 76.6 Å². The second kappa shape index (κ2) is 9.75. The van der Waals surface area contributed by atoms with Gasteiger partial charge in [0.25, 0.3) is 5.91 Å². The largest absolute Gasteiger partial charge is 0.493 e. The molecule has 160 valence electrons. The lowest BCUT2D eigenvalue weighted by Gasteiger charge is -2.16. The maximum absolute atomic E-state index is 12.9. The van der Waals surface area contributed by atoms with Crippen LogP contribution in [-0.2, 0) is 6.54 Å². The smallest absolute Gasteiger partial charge is 0.264 e. The van der Waals surface area contributed by atoms with Gasteiger partial charge in [0, 0.05) is 25.7 Å². The number of ether oxygens (including phenoxy) is 2. The van der Waals surface area contributed by atoms with Crippen LogP contribution < -0.4 is 14.8 Å². The third-order valence-electron chi connectivity index (χ3n) is 5.05.